The summed E-state index contributed by atoms with van der Waals surface area (Å²) in [5.41, 5.74) is 9.25. The lowest BCUT2D eigenvalue weighted by atomic mass is 10.0. The molecule has 0 amide bonds. The molecule has 0 saturated heterocycles. The first-order chi connectivity index (χ1) is 8.47. The summed E-state index contributed by atoms with van der Waals surface area (Å²) < 4.78 is 1.81. The van der Waals surface area contributed by atoms with E-state index in [-0.39, 0.29) is 5.84 Å². The highest BCUT2D eigenvalue weighted by Crippen LogP contribution is 2.16. The van der Waals surface area contributed by atoms with E-state index >= 15 is 0 Å². The highest BCUT2D eigenvalue weighted by atomic mass is 35.5. The van der Waals surface area contributed by atoms with Gasteiger partial charge in [-0.15, -0.1) is 0 Å². The fraction of sp³-hybridized carbons (Fsp3) is 0.231. The number of nitrogen functional groups attached to an aromatic ring is 1. The van der Waals surface area contributed by atoms with Crippen molar-refractivity contribution in [2.45, 2.75) is 20.4 Å². The normalized spacial score (nSPS) is 10.6. The third kappa shape index (κ3) is 2.54. The van der Waals surface area contributed by atoms with Gasteiger partial charge in [0.1, 0.15) is 5.84 Å². The molecule has 2 rings (SSSR count). The average Bonchev–Trinajstić information content (AvgIpc) is 2.61. The van der Waals surface area contributed by atoms with E-state index in [1.165, 1.54) is 0 Å². The second-order valence-corrected chi connectivity index (χ2v) is 4.72. The van der Waals surface area contributed by atoms with Crippen LogP contribution >= 0.6 is 11.6 Å². The molecule has 0 unspecified atom stereocenters. The Morgan fingerprint density at radius 2 is 2.17 bits per heavy atom. The lowest BCUT2D eigenvalue weighted by Crippen LogP contribution is -2.12. The largest absolute Gasteiger partial charge is 0.384 e. The molecule has 4 nitrogen and oxygen atoms in total. The molecule has 0 saturated carbocycles. The number of aromatic nitrogens is 2. The molecule has 18 heavy (non-hydrogen) atoms. The quantitative estimate of drug-likeness (QED) is 0.659. The molecule has 0 bridgehead atoms. The van der Waals surface area contributed by atoms with Crippen molar-refractivity contribution in [1.29, 1.82) is 5.41 Å². The highest BCUT2D eigenvalue weighted by molar-refractivity contribution is 6.31. The van der Waals surface area contributed by atoms with Gasteiger partial charge in [0.05, 0.1) is 17.3 Å². The number of nitrogens with two attached hydrogens (primary N) is 1. The molecule has 94 valence electrons. The molecular formula is C13H15ClN4. The van der Waals surface area contributed by atoms with E-state index in [2.05, 4.69) is 5.10 Å². The average molecular weight is 263 g/mol. The first kappa shape index (κ1) is 12.6. The van der Waals surface area contributed by atoms with Crippen molar-refractivity contribution >= 4 is 17.4 Å². The van der Waals surface area contributed by atoms with Crippen LogP contribution in [0.1, 0.15) is 22.4 Å². The van der Waals surface area contributed by atoms with Gasteiger partial charge in [-0.1, -0.05) is 23.7 Å². The van der Waals surface area contributed by atoms with Crippen LogP contribution in [0.15, 0.2) is 24.4 Å². The van der Waals surface area contributed by atoms with E-state index in [0.29, 0.717) is 11.6 Å². The van der Waals surface area contributed by atoms with E-state index in [9.17, 15) is 0 Å². The van der Waals surface area contributed by atoms with Crippen LogP contribution in [-0.2, 0) is 6.54 Å². The van der Waals surface area contributed by atoms with Gasteiger partial charge >= 0.3 is 0 Å². The standard InChI is InChI=1S/C13H15ClN4/c1-8-5-10(13(15)16)3-4-11(8)6-18-7-12(14)9(2)17-18/h3-5,7H,6H2,1-2H3,(H3,15,16). The SMILES string of the molecule is Cc1cc(C(=N)N)ccc1Cn1cc(Cl)c(C)n1. The van der Waals surface area contributed by atoms with Crippen molar-refractivity contribution < 1.29 is 0 Å². The Balaban J connectivity index is 2.27. The van der Waals surface area contributed by atoms with Crippen LogP contribution < -0.4 is 5.73 Å². The van der Waals surface area contributed by atoms with Crippen LogP contribution in [0.25, 0.3) is 0 Å². The fourth-order valence-electron chi connectivity index (χ4n) is 1.79. The maximum Gasteiger partial charge on any atom is 0.122 e. The zero-order valence-electron chi connectivity index (χ0n) is 10.4. The molecule has 0 atom stereocenters. The number of hydrogen-bond donors (Lipinski definition) is 2. The number of rotatable bonds is 3. The van der Waals surface area contributed by atoms with E-state index in [1.54, 1.807) is 0 Å². The molecule has 1 aromatic carbocycles. The van der Waals surface area contributed by atoms with Crippen molar-refractivity contribution in [3.05, 3.63) is 51.8 Å². The van der Waals surface area contributed by atoms with E-state index in [1.807, 2.05) is 42.9 Å². The molecule has 1 aromatic heterocycles. The van der Waals surface area contributed by atoms with Crippen molar-refractivity contribution in [2.75, 3.05) is 0 Å². The zero-order valence-corrected chi connectivity index (χ0v) is 11.1. The Morgan fingerprint density at radius 1 is 1.44 bits per heavy atom. The monoisotopic (exact) mass is 262 g/mol. The molecule has 3 N–H and O–H groups in total. The molecule has 0 aliphatic carbocycles. The topological polar surface area (TPSA) is 67.7 Å². The summed E-state index contributed by atoms with van der Waals surface area (Å²) >= 11 is 5.97. The molecule has 1 heterocycles. The van der Waals surface area contributed by atoms with E-state index < -0.39 is 0 Å². The molecule has 0 aliphatic rings. The summed E-state index contributed by atoms with van der Waals surface area (Å²) in [5, 5.41) is 12.4. The number of halogens is 1. The molecule has 5 heteroatoms. The maximum atomic E-state index is 7.40. The number of amidine groups is 1. The van der Waals surface area contributed by atoms with Gasteiger partial charge in [-0.2, -0.15) is 5.10 Å². The van der Waals surface area contributed by atoms with Gasteiger partial charge in [0, 0.05) is 11.8 Å². The van der Waals surface area contributed by atoms with Crippen LogP contribution in [-0.4, -0.2) is 15.6 Å². The Morgan fingerprint density at radius 3 is 2.67 bits per heavy atom. The second kappa shape index (κ2) is 4.82. The van der Waals surface area contributed by atoms with Gasteiger partial charge < -0.3 is 5.73 Å². The third-order valence-corrected chi connectivity index (χ3v) is 3.24. The summed E-state index contributed by atoms with van der Waals surface area (Å²) in [6.45, 7) is 4.54. The van der Waals surface area contributed by atoms with Gasteiger partial charge in [-0.3, -0.25) is 10.1 Å². The molecule has 2 aromatic rings. The summed E-state index contributed by atoms with van der Waals surface area (Å²) in [4.78, 5) is 0. The predicted octanol–water partition coefficient (Wildman–Crippen LogP) is 2.49. The predicted molar refractivity (Wildman–Crippen MR) is 73.3 cm³/mol. The Hall–Kier alpha value is -1.81. The Kier molecular flexibility index (Phi) is 3.39. The minimum atomic E-state index is 0.0858. The molecule has 0 aliphatic heterocycles. The highest BCUT2D eigenvalue weighted by Gasteiger charge is 2.06. The molecule has 0 spiro atoms. The van der Waals surface area contributed by atoms with Gasteiger partial charge in [-0.05, 0) is 31.0 Å². The van der Waals surface area contributed by atoms with Gasteiger partial charge in [-0.25, -0.2) is 0 Å². The first-order valence-electron chi connectivity index (χ1n) is 5.61. The van der Waals surface area contributed by atoms with E-state index in [0.717, 1.165) is 22.4 Å². The summed E-state index contributed by atoms with van der Waals surface area (Å²) in [6, 6.07) is 5.73. The van der Waals surface area contributed by atoms with Crippen LogP contribution in [0.4, 0.5) is 0 Å². The second-order valence-electron chi connectivity index (χ2n) is 4.31. The first-order valence-corrected chi connectivity index (χ1v) is 5.98. The zero-order chi connectivity index (χ0) is 13.3. The smallest absolute Gasteiger partial charge is 0.122 e. The summed E-state index contributed by atoms with van der Waals surface area (Å²) in [6.07, 6.45) is 1.81. The van der Waals surface area contributed by atoms with Gasteiger partial charge in [0.2, 0.25) is 0 Å². The molecule has 0 fully saturated rings. The number of nitrogens with one attached hydrogen (secondary N) is 1. The number of aryl methyl sites for hydroxylation is 2. The minimum absolute atomic E-state index is 0.0858. The fourth-order valence-corrected chi connectivity index (χ4v) is 1.94. The molecule has 0 radical (unpaired) electrons. The van der Waals surface area contributed by atoms with Crippen molar-refractivity contribution in [2.24, 2.45) is 5.73 Å². The van der Waals surface area contributed by atoms with Crippen LogP contribution in [0, 0.1) is 19.3 Å². The van der Waals surface area contributed by atoms with E-state index in [4.69, 9.17) is 22.7 Å². The summed E-state index contributed by atoms with van der Waals surface area (Å²) in [7, 11) is 0. The lowest BCUT2D eigenvalue weighted by molar-refractivity contribution is 0.677. The lowest BCUT2D eigenvalue weighted by Gasteiger charge is -2.08. The van der Waals surface area contributed by atoms with Crippen molar-refractivity contribution in [3.8, 4) is 0 Å². The third-order valence-electron chi connectivity index (χ3n) is 2.87. The number of benzene rings is 1. The van der Waals surface area contributed by atoms with Crippen molar-refractivity contribution in [3.63, 3.8) is 0 Å². The van der Waals surface area contributed by atoms with Crippen LogP contribution in [0.2, 0.25) is 5.02 Å². The number of nitrogens with zero attached hydrogens (tertiary/aromatic N) is 2. The Bertz CT molecular complexity index is 582. The summed E-state index contributed by atoms with van der Waals surface area (Å²) in [5.74, 6) is 0.0858. The van der Waals surface area contributed by atoms with Crippen molar-refractivity contribution in [1.82, 2.24) is 9.78 Å². The molecular weight excluding hydrogens is 248 g/mol. The maximum absolute atomic E-state index is 7.40. The van der Waals surface area contributed by atoms with Gasteiger partial charge in [0.15, 0.2) is 0 Å². The van der Waals surface area contributed by atoms with Gasteiger partial charge in [0.25, 0.3) is 0 Å². The van der Waals surface area contributed by atoms with Crippen LogP contribution in [0.3, 0.4) is 0 Å². The minimum Gasteiger partial charge on any atom is -0.384 e. The van der Waals surface area contributed by atoms with Crippen LogP contribution in [0.5, 0.6) is 0 Å². The number of hydrogen-bond acceptors (Lipinski definition) is 2. The Labute approximate surface area is 111 Å².